The number of carbonyl (C=O) groups excluding carboxylic acids is 1. The Labute approximate surface area is 220 Å². The van der Waals surface area contributed by atoms with Gasteiger partial charge < -0.3 is 26.6 Å². The number of nitrogens with zero attached hydrogens (tertiary/aromatic N) is 4. The van der Waals surface area contributed by atoms with E-state index in [0.29, 0.717) is 17.1 Å². The molecule has 0 bridgehead atoms. The van der Waals surface area contributed by atoms with Crippen LogP contribution in [0.5, 0.6) is 0 Å². The fourth-order valence-electron chi connectivity index (χ4n) is 4.03. The van der Waals surface area contributed by atoms with Crippen LogP contribution in [0.3, 0.4) is 0 Å². The lowest BCUT2D eigenvalue weighted by Gasteiger charge is -2.14. The monoisotopic (exact) mass is 504 g/mol. The zero-order chi connectivity index (χ0) is 26.6. The van der Waals surface area contributed by atoms with Gasteiger partial charge in [-0.25, -0.2) is 4.98 Å². The first-order valence-corrected chi connectivity index (χ1v) is 12.1. The zero-order valence-electron chi connectivity index (χ0n) is 21.4. The standard InChI is InChI=1S/C29H28N8O/c1-18-16-27(36-29(30)32-18)34-21-8-10-22(11-9-21)35-28(38)19-4-6-20(7-5-19)33-25-14-15-31-26-17-23(37(2)3)12-13-24(25)26/h4-17H,1-3H3,(H,31,33)(H,35,38)(H3,30,32,34,36). The lowest BCUT2D eigenvalue weighted by atomic mass is 10.1. The van der Waals surface area contributed by atoms with Gasteiger partial charge in [-0.05, 0) is 79.7 Å². The summed E-state index contributed by atoms with van der Waals surface area (Å²) >= 11 is 0. The number of fused-ring (bicyclic) bond motifs is 1. The zero-order valence-corrected chi connectivity index (χ0v) is 21.4. The number of hydrogen-bond acceptors (Lipinski definition) is 8. The van der Waals surface area contributed by atoms with Crippen LogP contribution >= 0.6 is 0 Å². The van der Waals surface area contributed by atoms with Crippen LogP contribution in [0.1, 0.15) is 16.1 Å². The number of aromatic nitrogens is 3. The molecule has 0 aliphatic carbocycles. The molecule has 5 aromatic rings. The minimum atomic E-state index is -0.193. The highest BCUT2D eigenvalue weighted by Crippen LogP contribution is 2.28. The Bertz CT molecular complexity index is 1580. The molecule has 0 atom stereocenters. The van der Waals surface area contributed by atoms with E-state index >= 15 is 0 Å². The van der Waals surface area contributed by atoms with Gasteiger partial charge in [0.2, 0.25) is 5.95 Å². The van der Waals surface area contributed by atoms with E-state index < -0.39 is 0 Å². The molecule has 2 heterocycles. The summed E-state index contributed by atoms with van der Waals surface area (Å²) in [5.74, 6) is 0.630. The second-order valence-corrected chi connectivity index (χ2v) is 9.07. The average Bonchev–Trinajstić information content (AvgIpc) is 2.89. The smallest absolute Gasteiger partial charge is 0.255 e. The third-order valence-corrected chi connectivity index (χ3v) is 5.96. The molecule has 38 heavy (non-hydrogen) atoms. The van der Waals surface area contributed by atoms with Crippen molar-refractivity contribution >= 4 is 57.0 Å². The minimum Gasteiger partial charge on any atom is -0.378 e. The number of amides is 1. The Morgan fingerprint density at radius 2 is 1.50 bits per heavy atom. The normalized spacial score (nSPS) is 10.7. The molecule has 0 saturated carbocycles. The number of anilines is 7. The minimum absolute atomic E-state index is 0.193. The maximum Gasteiger partial charge on any atom is 0.255 e. The predicted octanol–water partition coefficient (Wildman–Crippen LogP) is 5.72. The molecule has 5 rings (SSSR count). The summed E-state index contributed by atoms with van der Waals surface area (Å²) in [4.78, 5) is 27.6. The lowest BCUT2D eigenvalue weighted by molar-refractivity contribution is 0.102. The highest BCUT2D eigenvalue weighted by atomic mass is 16.1. The van der Waals surface area contributed by atoms with E-state index in [1.165, 1.54) is 0 Å². The number of benzene rings is 3. The molecule has 3 aromatic carbocycles. The second-order valence-electron chi connectivity index (χ2n) is 9.07. The molecule has 0 radical (unpaired) electrons. The van der Waals surface area contributed by atoms with E-state index in [-0.39, 0.29) is 11.9 Å². The predicted molar refractivity (Wildman–Crippen MR) is 155 cm³/mol. The van der Waals surface area contributed by atoms with Crippen molar-refractivity contribution in [3.63, 3.8) is 0 Å². The Kier molecular flexibility index (Phi) is 6.73. The van der Waals surface area contributed by atoms with Gasteiger partial charge in [0.05, 0.1) is 5.52 Å². The summed E-state index contributed by atoms with van der Waals surface area (Å²) in [5, 5.41) is 10.6. The Balaban J connectivity index is 1.23. The first-order chi connectivity index (χ1) is 18.3. The number of pyridine rings is 1. The van der Waals surface area contributed by atoms with Crippen LogP contribution in [-0.2, 0) is 0 Å². The van der Waals surface area contributed by atoms with Crippen molar-refractivity contribution in [3.05, 3.63) is 96.3 Å². The Morgan fingerprint density at radius 1 is 0.816 bits per heavy atom. The van der Waals surface area contributed by atoms with Crippen molar-refractivity contribution in [2.45, 2.75) is 6.92 Å². The van der Waals surface area contributed by atoms with Gasteiger partial charge in [-0.15, -0.1) is 0 Å². The van der Waals surface area contributed by atoms with Crippen LogP contribution in [0.15, 0.2) is 85.1 Å². The molecule has 1 amide bonds. The third-order valence-electron chi connectivity index (χ3n) is 5.96. The molecule has 0 aliphatic heterocycles. The van der Waals surface area contributed by atoms with Crippen molar-refractivity contribution in [2.24, 2.45) is 0 Å². The molecular formula is C29H28N8O. The van der Waals surface area contributed by atoms with Gasteiger partial charge >= 0.3 is 0 Å². The van der Waals surface area contributed by atoms with Crippen molar-refractivity contribution in [1.29, 1.82) is 0 Å². The van der Waals surface area contributed by atoms with Gasteiger partial charge in [-0.3, -0.25) is 9.78 Å². The highest BCUT2D eigenvalue weighted by Gasteiger charge is 2.09. The first kappa shape index (κ1) is 24.5. The topological polar surface area (TPSA) is 121 Å². The van der Waals surface area contributed by atoms with E-state index in [0.717, 1.165) is 39.3 Å². The fraction of sp³-hybridized carbons (Fsp3) is 0.103. The van der Waals surface area contributed by atoms with Crippen molar-refractivity contribution in [3.8, 4) is 0 Å². The summed E-state index contributed by atoms with van der Waals surface area (Å²) in [6.45, 7) is 1.85. The van der Waals surface area contributed by atoms with Gasteiger partial charge in [0.1, 0.15) is 5.82 Å². The summed E-state index contributed by atoms with van der Waals surface area (Å²) in [6, 6.07) is 24.7. The maximum absolute atomic E-state index is 12.8. The summed E-state index contributed by atoms with van der Waals surface area (Å²) in [6.07, 6.45) is 1.79. The van der Waals surface area contributed by atoms with E-state index in [9.17, 15) is 4.79 Å². The number of nitrogen functional groups attached to an aromatic ring is 1. The quantitative estimate of drug-likeness (QED) is 0.222. The molecule has 0 fully saturated rings. The molecule has 9 nitrogen and oxygen atoms in total. The molecular weight excluding hydrogens is 476 g/mol. The lowest BCUT2D eigenvalue weighted by Crippen LogP contribution is -2.11. The number of nitrogens with one attached hydrogen (secondary N) is 3. The Morgan fingerprint density at radius 3 is 2.21 bits per heavy atom. The fourth-order valence-corrected chi connectivity index (χ4v) is 4.03. The molecule has 9 heteroatoms. The molecule has 0 spiro atoms. The van der Waals surface area contributed by atoms with Gasteiger partial charge in [0.15, 0.2) is 0 Å². The van der Waals surface area contributed by atoms with Gasteiger partial charge in [0, 0.05) is 71.4 Å². The van der Waals surface area contributed by atoms with Crippen molar-refractivity contribution < 1.29 is 4.79 Å². The second kappa shape index (κ2) is 10.4. The number of carbonyl (C=O) groups is 1. The molecule has 0 unspecified atom stereocenters. The molecule has 0 saturated heterocycles. The third kappa shape index (κ3) is 5.62. The molecule has 5 N–H and O–H groups in total. The number of hydrogen-bond donors (Lipinski definition) is 4. The summed E-state index contributed by atoms with van der Waals surface area (Å²) in [7, 11) is 4.01. The summed E-state index contributed by atoms with van der Waals surface area (Å²) in [5.41, 5.74) is 12.4. The Hall–Kier alpha value is -5.18. The van der Waals surface area contributed by atoms with Crippen LogP contribution in [0.4, 0.5) is 40.2 Å². The summed E-state index contributed by atoms with van der Waals surface area (Å²) < 4.78 is 0. The van der Waals surface area contributed by atoms with E-state index in [1.807, 2.05) is 74.4 Å². The maximum atomic E-state index is 12.8. The van der Waals surface area contributed by atoms with Gasteiger partial charge in [-0.1, -0.05) is 0 Å². The van der Waals surface area contributed by atoms with Crippen molar-refractivity contribution in [2.75, 3.05) is 40.7 Å². The highest BCUT2D eigenvalue weighted by molar-refractivity contribution is 6.04. The van der Waals surface area contributed by atoms with Crippen LogP contribution in [-0.4, -0.2) is 35.0 Å². The largest absolute Gasteiger partial charge is 0.378 e. The van der Waals surface area contributed by atoms with E-state index in [4.69, 9.17) is 5.73 Å². The molecule has 0 aliphatic rings. The average molecular weight is 505 g/mol. The van der Waals surface area contributed by atoms with Crippen LogP contribution in [0, 0.1) is 6.92 Å². The van der Waals surface area contributed by atoms with Crippen LogP contribution in [0.25, 0.3) is 10.9 Å². The van der Waals surface area contributed by atoms with Crippen LogP contribution in [0.2, 0.25) is 0 Å². The number of nitrogens with two attached hydrogens (primary N) is 1. The first-order valence-electron chi connectivity index (χ1n) is 12.1. The van der Waals surface area contributed by atoms with Gasteiger partial charge in [-0.2, -0.15) is 4.98 Å². The SMILES string of the molecule is Cc1cc(Nc2ccc(NC(=O)c3ccc(Nc4ccnc5cc(N(C)C)ccc45)cc3)cc2)nc(N)n1. The van der Waals surface area contributed by atoms with E-state index in [1.54, 1.807) is 18.3 Å². The number of rotatable bonds is 7. The van der Waals surface area contributed by atoms with Gasteiger partial charge in [0.25, 0.3) is 5.91 Å². The van der Waals surface area contributed by atoms with E-state index in [2.05, 4.69) is 49.1 Å². The molecule has 2 aromatic heterocycles. The van der Waals surface area contributed by atoms with Crippen molar-refractivity contribution in [1.82, 2.24) is 15.0 Å². The number of aryl methyl sites for hydroxylation is 1. The molecule has 190 valence electrons. The van der Waals surface area contributed by atoms with Crippen LogP contribution < -0.4 is 26.6 Å².